The summed E-state index contributed by atoms with van der Waals surface area (Å²) in [5.41, 5.74) is 0.894. The molecule has 136 valence electrons. The van der Waals surface area contributed by atoms with Crippen LogP contribution < -0.4 is 5.32 Å². The monoisotopic (exact) mass is 352 g/mol. The van der Waals surface area contributed by atoms with Gasteiger partial charge in [0.2, 0.25) is 0 Å². The normalized spacial score (nSPS) is 44.9. The van der Waals surface area contributed by atoms with Gasteiger partial charge < -0.3 is 10.1 Å². The number of nitrogens with zero attached hydrogens (tertiary/aromatic N) is 1. The molecule has 0 amide bonds. The van der Waals surface area contributed by atoms with Gasteiger partial charge in [-0.15, -0.1) is 0 Å². The standard InChI is InChI=1S/C21H24N2O3/c1-26-19(25)20-8-6-13-12-7-9-23-11-15(17(24)10-12)21(20,18(13)23)14-4-2-3-5-16(14)22-20/h2-5,12-13,15,18,22H,6-11H2,1H3. The van der Waals surface area contributed by atoms with Crippen LogP contribution in [0, 0.1) is 17.8 Å². The van der Waals surface area contributed by atoms with E-state index in [1.807, 2.05) is 6.07 Å². The van der Waals surface area contributed by atoms with Crippen molar-refractivity contribution < 1.29 is 14.3 Å². The minimum absolute atomic E-state index is 0.115. The summed E-state index contributed by atoms with van der Waals surface area (Å²) in [4.78, 5) is 29.2. The van der Waals surface area contributed by atoms with E-state index in [1.165, 1.54) is 12.7 Å². The molecular weight excluding hydrogens is 328 g/mol. The Morgan fingerprint density at radius 2 is 2.15 bits per heavy atom. The lowest BCUT2D eigenvalue weighted by Crippen LogP contribution is -2.70. The largest absolute Gasteiger partial charge is 0.467 e. The van der Waals surface area contributed by atoms with Gasteiger partial charge in [-0.1, -0.05) is 18.2 Å². The van der Waals surface area contributed by atoms with Crippen molar-refractivity contribution in [2.24, 2.45) is 17.8 Å². The van der Waals surface area contributed by atoms with Crippen molar-refractivity contribution in [3.63, 3.8) is 0 Å². The first-order chi connectivity index (χ1) is 12.6. The van der Waals surface area contributed by atoms with E-state index in [9.17, 15) is 9.59 Å². The van der Waals surface area contributed by atoms with Gasteiger partial charge in [0, 0.05) is 30.6 Å². The van der Waals surface area contributed by atoms with Crippen LogP contribution >= 0.6 is 0 Å². The fourth-order valence-corrected chi connectivity index (χ4v) is 7.59. The molecule has 6 unspecified atom stereocenters. The van der Waals surface area contributed by atoms with Gasteiger partial charge in [0.25, 0.3) is 0 Å². The molecule has 3 heterocycles. The third-order valence-electron chi connectivity index (χ3n) is 8.29. The van der Waals surface area contributed by atoms with Gasteiger partial charge in [0.1, 0.15) is 11.3 Å². The van der Waals surface area contributed by atoms with Crippen LogP contribution in [0.25, 0.3) is 0 Å². The highest BCUT2D eigenvalue weighted by molar-refractivity contribution is 5.96. The molecular formula is C21H24N2O3. The molecule has 5 aliphatic rings. The number of methoxy groups -OCH3 is 1. The Labute approximate surface area is 153 Å². The highest BCUT2D eigenvalue weighted by Gasteiger charge is 2.78. The number of carbonyl (C=O) groups is 2. The van der Waals surface area contributed by atoms with Crippen molar-refractivity contribution >= 4 is 17.4 Å². The van der Waals surface area contributed by atoms with E-state index in [0.29, 0.717) is 24.0 Å². The molecule has 26 heavy (non-hydrogen) atoms. The Bertz CT molecular complexity index is 838. The zero-order chi connectivity index (χ0) is 17.7. The number of esters is 1. The van der Waals surface area contributed by atoms with E-state index in [2.05, 4.69) is 28.4 Å². The number of hydrogen-bond donors (Lipinski definition) is 1. The van der Waals surface area contributed by atoms with Crippen LogP contribution in [0.1, 0.15) is 31.2 Å². The third-order valence-corrected chi connectivity index (χ3v) is 8.29. The predicted molar refractivity (Wildman–Crippen MR) is 95.8 cm³/mol. The molecule has 3 aliphatic heterocycles. The van der Waals surface area contributed by atoms with Crippen LogP contribution in [-0.4, -0.2) is 48.4 Å². The lowest BCUT2D eigenvalue weighted by atomic mass is 9.50. The highest BCUT2D eigenvalue weighted by Crippen LogP contribution is 2.68. The lowest BCUT2D eigenvalue weighted by molar-refractivity contribution is -0.153. The molecule has 2 aliphatic carbocycles. The smallest absolute Gasteiger partial charge is 0.332 e. The van der Waals surface area contributed by atoms with Gasteiger partial charge in [0.15, 0.2) is 0 Å². The summed E-state index contributed by atoms with van der Waals surface area (Å²) in [7, 11) is 1.48. The number of anilines is 1. The minimum Gasteiger partial charge on any atom is -0.467 e. The quantitative estimate of drug-likeness (QED) is 0.783. The molecule has 1 N–H and O–H groups in total. The number of rotatable bonds is 1. The predicted octanol–water partition coefficient (Wildman–Crippen LogP) is 1.96. The maximum Gasteiger partial charge on any atom is 0.332 e. The van der Waals surface area contributed by atoms with Crippen LogP contribution in [-0.2, 0) is 19.7 Å². The van der Waals surface area contributed by atoms with Gasteiger partial charge >= 0.3 is 5.97 Å². The lowest BCUT2D eigenvalue weighted by Gasteiger charge is -2.56. The van der Waals surface area contributed by atoms with Crippen molar-refractivity contribution in [1.82, 2.24) is 4.90 Å². The second-order valence-corrected chi connectivity index (χ2v) is 8.85. The van der Waals surface area contributed by atoms with E-state index in [-0.39, 0.29) is 17.9 Å². The summed E-state index contributed by atoms with van der Waals surface area (Å²) in [5, 5.41) is 3.60. The summed E-state index contributed by atoms with van der Waals surface area (Å²) in [6.07, 6.45) is 3.56. The number of ketones is 1. The van der Waals surface area contributed by atoms with Crippen LogP contribution in [0.3, 0.4) is 0 Å². The number of carbonyl (C=O) groups excluding carboxylic acids is 2. The third kappa shape index (κ3) is 1.39. The summed E-state index contributed by atoms with van der Waals surface area (Å²) in [6, 6.07) is 8.53. The second-order valence-electron chi connectivity index (χ2n) is 8.85. The maximum atomic E-state index is 13.4. The van der Waals surface area contributed by atoms with Gasteiger partial charge in [-0.3, -0.25) is 9.69 Å². The fraction of sp³-hybridized carbons (Fsp3) is 0.619. The zero-order valence-electron chi connectivity index (χ0n) is 15.0. The fourth-order valence-electron chi connectivity index (χ4n) is 7.59. The number of piperidine rings is 1. The first kappa shape index (κ1) is 15.2. The average Bonchev–Trinajstić information content (AvgIpc) is 3.15. The van der Waals surface area contributed by atoms with E-state index in [4.69, 9.17) is 4.74 Å². The summed E-state index contributed by atoms with van der Waals surface area (Å²) in [6.45, 7) is 1.85. The zero-order valence-corrected chi connectivity index (χ0v) is 15.0. The molecule has 2 saturated heterocycles. The van der Waals surface area contributed by atoms with E-state index in [1.54, 1.807) is 0 Å². The van der Waals surface area contributed by atoms with Crippen molar-refractivity contribution in [3.05, 3.63) is 29.8 Å². The van der Waals surface area contributed by atoms with Gasteiger partial charge in [-0.05, 0) is 49.3 Å². The Kier molecular flexibility index (Phi) is 2.74. The Balaban J connectivity index is 1.70. The van der Waals surface area contributed by atoms with Crippen LogP contribution in [0.2, 0.25) is 0 Å². The molecule has 1 aromatic rings. The van der Waals surface area contributed by atoms with Gasteiger partial charge in [-0.25, -0.2) is 4.79 Å². The molecule has 5 heteroatoms. The number of Topliss-reactive ketones (excluding diaryl/α,β-unsaturated/α-hetero) is 1. The van der Waals surface area contributed by atoms with Crippen LogP contribution in [0.15, 0.2) is 24.3 Å². The van der Waals surface area contributed by atoms with Crippen LogP contribution in [0.4, 0.5) is 5.69 Å². The van der Waals surface area contributed by atoms with E-state index >= 15 is 0 Å². The highest BCUT2D eigenvalue weighted by atomic mass is 16.5. The molecule has 4 fully saturated rings. The van der Waals surface area contributed by atoms with E-state index < -0.39 is 11.0 Å². The summed E-state index contributed by atoms with van der Waals surface area (Å²) < 4.78 is 5.36. The number of hydrogen-bond acceptors (Lipinski definition) is 5. The second kappa shape index (κ2) is 4.69. The molecule has 1 aromatic carbocycles. The molecule has 0 aromatic heterocycles. The number of nitrogens with one attached hydrogen (secondary N) is 1. The summed E-state index contributed by atoms with van der Waals surface area (Å²) >= 11 is 0. The topological polar surface area (TPSA) is 58.6 Å². The van der Waals surface area contributed by atoms with Crippen molar-refractivity contribution in [2.45, 2.75) is 42.7 Å². The SMILES string of the molecule is COC(=O)C12CCC3C4CCN5CC(C(=O)C4)C1(c1ccccc1N2)C35. The van der Waals surface area contributed by atoms with Crippen molar-refractivity contribution in [2.75, 3.05) is 25.5 Å². The molecule has 6 rings (SSSR count). The Morgan fingerprint density at radius 3 is 3.00 bits per heavy atom. The van der Waals surface area contributed by atoms with Gasteiger partial charge in [-0.2, -0.15) is 0 Å². The molecule has 6 atom stereocenters. The van der Waals surface area contributed by atoms with Crippen molar-refractivity contribution in [3.8, 4) is 0 Å². The first-order valence-electron chi connectivity index (χ1n) is 9.86. The molecule has 5 bridgehead atoms. The number of benzene rings is 1. The first-order valence-corrected chi connectivity index (χ1v) is 9.86. The number of ether oxygens (including phenoxy) is 1. The number of para-hydroxylation sites is 1. The molecule has 5 nitrogen and oxygen atoms in total. The van der Waals surface area contributed by atoms with Crippen LogP contribution in [0.5, 0.6) is 0 Å². The average molecular weight is 352 g/mol. The molecule has 2 saturated carbocycles. The maximum absolute atomic E-state index is 13.4. The van der Waals surface area contributed by atoms with Gasteiger partial charge in [0.05, 0.1) is 12.5 Å². The number of fused-ring (bicyclic) bond motifs is 1. The molecule has 1 spiro atoms. The summed E-state index contributed by atoms with van der Waals surface area (Å²) in [5.74, 6) is 1.03. The minimum atomic E-state index is -0.812. The Hall–Kier alpha value is -1.88. The Morgan fingerprint density at radius 1 is 1.31 bits per heavy atom. The molecule has 0 radical (unpaired) electrons. The van der Waals surface area contributed by atoms with Crippen molar-refractivity contribution in [1.29, 1.82) is 0 Å². The van der Waals surface area contributed by atoms with E-state index in [0.717, 1.165) is 38.0 Å².